The van der Waals surface area contributed by atoms with Crippen molar-refractivity contribution in [3.05, 3.63) is 29.3 Å². The molecule has 0 saturated carbocycles. The summed E-state index contributed by atoms with van der Waals surface area (Å²) in [6, 6.07) is 5.10. The van der Waals surface area contributed by atoms with Gasteiger partial charge in [0.2, 0.25) is 0 Å². The van der Waals surface area contributed by atoms with Crippen molar-refractivity contribution >= 4 is 5.97 Å². The Hall–Kier alpha value is -1.59. The number of aliphatic hydroxyl groups is 1. The summed E-state index contributed by atoms with van der Waals surface area (Å²) >= 11 is 0. The Kier molecular flexibility index (Phi) is 6.48. The molecule has 112 valence electrons. The van der Waals surface area contributed by atoms with Crippen molar-refractivity contribution in [1.29, 1.82) is 0 Å². The number of carboxylic acid groups (broad SMARTS) is 1. The molecule has 1 atom stereocenters. The maximum absolute atomic E-state index is 11.1. The second kappa shape index (κ2) is 7.87. The first kappa shape index (κ1) is 16.5. The van der Waals surface area contributed by atoms with Crippen LogP contribution in [0.2, 0.25) is 0 Å². The number of methoxy groups -OCH3 is 1. The molecule has 5 nitrogen and oxygen atoms in total. The van der Waals surface area contributed by atoms with Crippen molar-refractivity contribution < 1.29 is 19.7 Å². The summed E-state index contributed by atoms with van der Waals surface area (Å²) in [7, 11) is 1.58. The number of carboxylic acids is 1. The summed E-state index contributed by atoms with van der Waals surface area (Å²) in [5.74, 6) is -0.259. The minimum Gasteiger partial charge on any atom is -0.496 e. The van der Waals surface area contributed by atoms with Gasteiger partial charge in [-0.15, -0.1) is 0 Å². The van der Waals surface area contributed by atoms with Crippen molar-refractivity contribution in [2.45, 2.75) is 32.9 Å². The number of rotatable bonds is 8. The molecule has 1 aromatic rings. The number of nitrogens with zero attached hydrogens (tertiary/aromatic N) is 1. The fourth-order valence-electron chi connectivity index (χ4n) is 2.20. The van der Waals surface area contributed by atoms with E-state index in [0.717, 1.165) is 12.1 Å². The summed E-state index contributed by atoms with van der Waals surface area (Å²) in [4.78, 5) is 13.2. The van der Waals surface area contributed by atoms with Crippen LogP contribution in [0.1, 0.15) is 36.2 Å². The number of hydrogen-bond donors (Lipinski definition) is 2. The van der Waals surface area contributed by atoms with Crippen LogP contribution in [-0.4, -0.2) is 47.4 Å². The summed E-state index contributed by atoms with van der Waals surface area (Å²) in [5.41, 5.74) is 1.10. The van der Waals surface area contributed by atoms with Gasteiger partial charge in [-0.05, 0) is 38.1 Å². The normalized spacial score (nSPS) is 12.4. The average Bonchev–Trinajstić information content (AvgIpc) is 2.44. The molecule has 0 aliphatic carbocycles. The molecule has 20 heavy (non-hydrogen) atoms. The van der Waals surface area contributed by atoms with Gasteiger partial charge >= 0.3 is 5.97 Å². The molecule has 1 rings (SSSR count). The minimum absolute atomic E-state index is 0.143. The Labute approximate surface area is 119 Å². The van der Waals surface area contributed by atoms with E-state index in [1.54, 1.807) is 19.2 Å². The summed E-state index contributed by atoms with van der Waals surface area (Å²) in [5, 5.41) is 18.1. The third kappa shape index (κ3) is 4.21. The van der Waals surface area contributed by atoms with Gasteiger partial charge in [-0.2, -0.15) is 0 Å². The van der Waals surface area contributed by atoms with Gasteiger partial charge in [-0.3, -0.25) is 4.90 Å². The molecule has 2 N–H and O–H groups in total. The predicted octanol–water partition coefficient (Wildman–Crippen LogP) is 1.99. The van der Waals surface area contributed by atoms with Gasteiger partial charge in [0.1, 0.15) is 5.75 Å². The highest BCUT2D eigenvalue weighted by molar-refractivity contribution is 5.88. The minimum atomic E-state index is -0.944. The van der Waals surface area contributed by atoms with Crippen molar-refractivity contribution in [3.63, 3.8) is 0 Å². The van der Waals surface area contributed by atoms with Crippen molar-refractivity contribution in [1.82, 2.24) is 4.90 Å². The molecular weight excluding hydrogens is 258 g/mol. The second-order valence-corrected chi connectivity index (χ2v) is 4.76. The fourth-order valence-corrected chi connectivity index (χ4v) is 2.20. The molecule has 0 heterocycles. The molecule has 5 heteroatoms. The monoisotopic (exact) mass is 281 g/mol. The molecule has 0 spiro atoms. The Bertz CT molecular complexity index is 447. The number of benzene rings is 1. The van der Waals surface area contributed by atoms with E-state index in [-0.39, 0.29) is 18.2 Å². The zero-order chi connectivity index (χ0) is 15.1. The van der Waals surface area contributed by atoms with Crippen LogP contribution in [0.3, 0.4) is 0 Å². The zero-order valence-electron chi connectivity index (χ0n) is 12.3. The summed E-state index contributed by atoms with van der Waals surface area (Å²) < 4.78 is 5.30. The Balaban J connectivity index is 2.98. The molecule has 0 aliphatic rings. The quantitative estimate of drug-likeness (QED) is 0.762. The van der Waals surface area contributed by atoms with E-state index in [1.807, 2.05) is 13.8 Å². The van der Waals surface area contributed by atoms with Gasteiger partial charge in [0.05, 0.1) is 12.7 Å². The van der Waals surface area contributed by atoms with Gasteiger partial charge in [0, 0.05) is 24.8 Å². The summed E-state index contributed by atoms with van der Waals surface area (Å²) in [6.45, 7) is 5.65. The number of ether oxygens (including phenoxy) is 1. The molecular formula is C15H23NO4. The van der Waals surface area contributed by atoms with Gasteiger partial charge < -0.3 is 14.9 Å². The molecule has 0 aromatic heterocycles. The topological polar surface area (TPSA) is 70.0 Å². The maximum Gasteiger partial charge on any atom is 0.335 e. The first-order valence-corrected chi connectivity index (χ1v) is 6.78. The van der Waals surface area contributed by atoms with Crippen LogP contribution in [0.5, 0.6) is 5.75 Å². The van der Waals surface area contributed by atoms with Crippen molar-refractivity contribution in [3.8, 4) is 5.75 Å². The number of aliphatic hydroxyl groups excluding tert-OH is 1. The van der Waals surface area contributed by atoms with Crippen LogP contribution in [0, 0.1) is 0 Å². The van der Waals surface area contributed by atoms with Crippen LogP contribution in [0.25, 0.3) is 0 Å². The third-order valence-corrected chi connectivity index (χ3v) is 3.48. The number of hydrogen-bond acceptors (Lipinski definition) is 4. The Morgan fingerprint density at radius 2 is 2.15 bits per heavy atom. The fraction of sp³-hybridized carbons (Fsp3) is 0.533. The van der Waals surface area contributed by atoms with Gasteiger partial charge in [-0.1, -0.05) is 6.92 Å². The number of aromatic carboxylic acids is 1. The van der Waals surface area contributed by atoms with E-state index >= 15 is 0 Å². The molecule has 0 amide bonds. The van der Waals surface area contributed by atoms with Gasteiger partial charge in [-0.25, -0.2) is 4.79 Å². The van der Waals surface area contributed by atoms with E-state index in [9.17, 15) is 4.79 Å². The van der Waals surface area contributed by atoms with Crippen LogP contribution in [0.15, 0.2) is 18.2 Å². The SMILES string of the molecule is CCN(Cc1cc(C(=O)O)ccc1OC)C(C)CCO. The van der Waals surface area contributed by atoms with E-state index < -0.39 is 5.97 Å². The molecule has 0 aliphatic heterocycles. The van der Waals surface area contributed by atoms with Gasteiger partial charge in [0.15, 0.2) is 0 Å². The van der Waals surface area contributed by atoms with E-state index in [2.05, 4.69) is 4.90 Å². The Morgan fingerprint density at radius 3 is 2.65 bits per heavy atom. The molecule has 1 unspecified atom stereocenters. The lowest BCUT2D eigenvalue weighted by Gasteiger charge is -2.28. The Morgan fingerprint density at radius 1 is 1.45 bits per heavy atom. The van der Waals surface area contributed by atoms with Gasteiger partial charge in [0.25, 0.3) is 0 Å². The lowest BCUT2D eigenvalue weighted by atomic mass is 10.1. The standard InChI is InChI=1S/C15H23NO4/c1-4-16(11(2)7-8-17)10-13-9-12(15(18)19)5-6-14(13)20-3/h5-6,9,11,17H,4,7-8,10H2,1-3H3,(H,18,19). The second-order valence-electron chi connectivity index (χ2n) is 4.76. The average molecular weight is 281 g/mol. The predicted molar refractivity (Wildman–Crippen MR) is 77.2 cm³/mol. The maximum atomic E-state index is 11.1. The van der Waals surface area contributed by atoms with Crippen molar-refractivity contribution in [2.75, 3.05) is 20.3 Å². The lowest BCUT2D eigenvalue weighted by Crippen LogP contribution is -2.33. The highest BCUT2D eigenvalue weighted by atomic mass is 16.5. The number of carbonyl (C=O) groups is 1. The summed E-state index contributed by atoms with van der Waals surface area (Å²) in [6.07, 6.45) is 0.689. The highest BCUT2D eigenvalue weighted by Gasteiger charge is 2.16. The molecule has 0 bridgehead atoms. The van der Waals surface area contributed by atoms with Crippen LogP contribution in [-0.2, 0) is 6.54 Å². The largest absolute Gasteiger partial charge is 0.496 e. The van der Waals surface area contributed by atoms with Crippen LogP contribution in [0.4, 0.5) is 0 Å². The highest BCUT2D eigenvalue weighted by Crippen LogP contribution is 2.23. The van der Waals surface area contributed by atoms with E-state index in [4.69, 9.17) is 14.9 Å². The van der Waals surface area contributed by atoms with Crippen molar-refractivity contribution in [2.24, 2.45) is 0 Å². The molecule has 0 fully saturated rings. The van der Waals surface area contributed by atoms with E-state index in [1.165, 1.54) is 6.07 Å². The van der Waals surface area contributed by atoms with E-state index in [0.29, 0.717) is 18.7 Å². The lowest BCUT2D eigenvalue weighted by molar-refractivity contribution is 0.0696. The molecule has 1 aromatic carbocycles. The molecule has 0 saturated heterocycles. The smallest absolute Gasteiger partial charge is 0.335 e. The van der Waals surface area contributed by atoms with Crippen LogP contribution < -0.4 is 4.74 Å². The van der Waals surface area contributed by atoms with Crippen LogP contribution >= 0.6 is 0 Å². The first-order valence-electron chi connectivity index (χ1n) is 6.78. The third-order valence-electron chi connectivity index (χ3n) is 3.48. The first-order chi connectivity index (χ1) is 9.53. The molecule has 0 radical (unpaired) electrons. The zero-order valence-corrected chi connectivity index (χ0v) is 12.3.